The molecular formula is C33H41NO4. The van der Waals surface area contributed by atoms with Gasteiger partial charge >= 0.3 is 0 Å². The zero-order valence-electron chi connectivity index (χ0n) is 22.6. The molecule has 0 aliphatic heterocycles. The summed E-state index contributed by atoms with van der Waals surface area (Å²) in [6.45, 7) is 3.76. The van der Waals surface area contributed by atoms with E-state index in [0.717, 1.165) is 24.0 Å². The van der Waals surface area contributed by atoms with Gasteiger partial charge in [0.05, 0.1) is 6.26 Å². The molecule has 0 radical (unpaired) electrons. The fraction of sp³-hybridized carbons (Fsp3) is 0.364. The summed E-state index contributed by atoms with van der Waals surface area (Å²) in [4.78, 5) is 12.1. The van der Waals surface area contributed by atoms with E-state index in [-0.39, 0.29) is 5.91 Å². The van der Waals surface area contributed by atoms with Crippen molar-refractivity contribution in [2.75, 3.05) is 6.54 Å². The third-order valence-corrected chi connectivity index (χ3v) is 6.14. The molecule has 0 saturated heterocycles. The summed E-state index contributed by atoms with van der Waals surface area (Å²) in [5.74, 6) is 1.61. The van der Waals surface area contributed by atoms with Gasteiger partial charge in [0.2, 0.25) is 5.91 Å². The number of carbonyl (C=O) groups is 1. The van der Waals surface area contributed by atoms with Crippen molar-refractivity contribution in [2.45, 2.75) is 71.5 Å². The van der Waals surface area contributed by atoms with Gasteiger partial charge in [-0.25, -0.2) is 0 Å². The first kappa shape index (κ1) is 28.8. The molecule has 0 atom stereocenters. The average molecular weight is 516 g/mol. The molecule has 1 amide bonds. The molecule has 0 aliphatic rings. The first-order valence-corrected chi connectivity index (χ1v) is 13.8. The highest BCUT2D eigenvalue weighted by molar-refractivity contribution is 5.87. The molecule has 1 N–H and O–H groups in total. The predicted molar refractivity (Wildman–Crippen MR) is 153 cm³/mol. The molecule has 0 unspecified atom stereocenters. The lowest BCUT2D eigenvalue weighted by Crippen LogP contribution is -2.22. The monoisotopic (exact) mass is 515 g/mol. The molecule has 0 aliphatic carbocycles. The largest absolute Gasteiger partial charge is 0.485 e. The summed E-state index contributed by atoms with van der Waals surface area (Å²) in [7, 11) is 0. The van der Waals surface area contributed by atoms with Crippen molar-refractivity contribution in [3.05, 3.63) is 102 Å². The minimum absolute atomic E-state index is 0.156. The molecule has 0 saturated carbocycles. The number of ether oxygens (including phenoxy) is 3. The number of benzene rings is 3. The van der Waals surface area contributed by atoms with Gasteiger partial charge in [0, 0.05) is 18.7 Å². The zero-order valence-corrected chi connectivity index (χ0v) is 22.6. The third kappa shape index (κ3) is 11.5. The quantitative estimate of drug-likeness (QED) is 0.106. The van der Waals surface area contributed by atoms with Crippen LogP contribution in [0.25, 0.3) is 0 Å². The Morgan fingerprint density at radius 3 is 1.92 bits per heavy atom. The average Bonchev–Trinajstić information content (AvgIpc) is 2.95. The van der Waals surface area contributed by atoms with Crippen LogP contribution in [0.1, 0.15) is 69.4 Å². The zero-order chi connectivity index (χ0) is 26.7. The van der Waals surface area contributed by atoms with Crippen LogP contribution >= 0.6 is 0 Å². The second-order valence-electron chi connectivity index (χ2n) is 9.34. The van der Waals surface area contributed by atoms with Crippen molar-refractivity contribution in [1.29, 1.82) is 0 Å². The van der Waals surface area contributed by atoms with Gasteiger partial charge in [-0.3, -0.25) is 4.79 Å². The highest BCUT2D eigenvalue weighted by atomic mass is 16.5. The number of hydrogen-bond donors (Lipinski definition) is 1. The fourth-order valence-corrected chi connectivity index (χ4v) is 3.97. The Morgan fingerprint density at radius 1 is 0.711 bits per heavy atom. The molecule has 5 heteroatoms. The van der Waals surface area contributed by atoms with E-state index >= 15 is 0 Å². The van der Waals surface area contributed by atoms with E-state index in [4.69, 9.17) is 14.2 Å². The van der Waals surface area contributed by atoms with Crippen LogP contribution in [0, 0.1) is 0 Å². The smallest absolute Gasteiger partial charge is 0.247 e. The predicted octanol–water partition coefficient (Wildman–Crippen LogP) is 7.99. The molecule has 38 heavy (non-hydrogen) atoms. The van der Waals surface area contributed by atoms with E-state index in [2.05, 4.69) is 12.2 Å². The molecule has 5 nitrogen and oxygen atoms in total. The lowest BCUT2D eigenvalue weighted by molar-refractivity contribution is -0.116. The summed E-state index contributed by atoms with van der Waals surface area (Å²) in [5, 5.41) is 2.92. The molecule has 3 rings (SSSR count). The Bertz CT molecular complexity index is 1080. The standard InChI is InChI=1S/C33H41NO4/c1-2-3-4-5-6-7-8-15-23-34-33(35)22-24-36-30-20-21-31(37-26-28-16-11-9-12-17-28)32(25-30)38-27-29-18-13-10-14-19-29/h9-14,16-22,24-25H,2-8,15,23,26-27H2,1H3,(H,34,35)/b24-22+. The van der Waals surface area contributed by atoms with Crippen molar-refractivity contribution in [3.63, 3.8) is 0 Å². The second-order valence-corrected chi connectivity index (χ2v) is 9.34. The van der Waals surface area contributed by atoms with Crippen molar-refractivity contribution in [3.8, 4) is 17.2 Å². The summed E-state index contributed by atoms with van der Waals surface area (Å²) in [6.07, 6.45) is 12.8. The van der Waals surface area contributed by atoms with E-state index in [1.807, 2.05) is 66.7 Å². The van der Waals surface area contributed by atoms with Crippen LogP contribution in [0.15, 0.2) is 91.2 Å². The van der Waals surface area contributed by atoms with Gasteiger partial charge in [-0.15, -0.1) is 0 Å². The summed E-state index contributed by atoms with van der Waals surface area (Å²) < 4.78 is 17.8. The number of amides is 1. The van der Waals surface area contributed by atoms with E-state index in [1.165, 1.54) is 50.9 Å². The number of carbonyl (C=O) groups excluding carboxylic acids is 1. The molecular weight excluding hydrogens is 474 g/mol. The summed E-state index contributed by atoms with van der Waals surface area (Å²) >= 11 is 0. The van der Waals surface area contributed by atoms with E-state index < -0.39 is 0 Å². The van der Waals surface area contributed by atoms with E-state index in [1.54, 1.807) is 12.1 Å². The maximum Gasteiger partial charge on any atom is 0.247 e. The van der Waals surface area contributed by atoms with Crippen LogP contribution in [0.2, 0.25) is 0 Å². The Hall–Kier alpha value is -3.73. The normalized spacial score (nSPS) is 10.9. The maximum absolute atomic E-state index is 12.1. The van der Waals surface area contributed by atoms with E-state index in [9.17, 15) is 4.79 Å². The number of rotatable bonds is 18. The Kier molecular flexibility index (Phi) is 13.4. The minimum atomic E-state index is -0.156. The Labute approximate surface area is 227 Å². The van der Waals surface area contributed by atoms with Gasteiger partial charge in [0.15, 0.2) is 11.5 Å². The van der Waals surface area contributed by atoms with Gasteiger partial charge in [-0.2, -0.15) is 0 Å². The van der Waals surface area contributed by atoms with Gasteiger partial charge in [0.1, 0.15) is 19.0 Å². The van der Waals surface area contributed by atoms with E-state index in [0.29, 0.717) is 37.0 Å². The minimum Gasteiger partial charge on any atom is -0.485 e. The van der Waals surface area contributed by atoms with Gasteiger partial charge in [-0.1, -0.05) is 113 Å². The molecule has 0 aromatic heterocycles. The number of hydrogen-bond acceptors (Lipinski definition) is 4. The number of nitrogens with one attached hydrogen (secondary N) is 1. The molecule has 0 bridgehead atoms. The van der Waals surface area contributed by atoms with Gasteiger partial charge < -0.3 is 19.5 Å². The SMILES string of the molecule is CCCCCCCCCCNC(=O)/C=C/Oc1ccc(OCc2ccccc2)c(OCc2ccccc2)c1. The first-order chi connectivity index (χ1) is 18.7. The van der Waals surface area contributed by atoms with Crippen LogP contribution in [0.5, 0.6) is 17.2 Å². The van der Waals surface area contributed by atoms with Crippen molar-refractivity contribution in [2.24, 2.45) is 0 Å². The fourth-order valence-electron chi connectivity index (χ4n) is 3.97. The van der Waals surface area contributed by atoms with Crippen molar-refractivity contribution < 1.29 is 19.0 Å². The van der Waals surface area contributed by atoms with Gasteiger partial charge in [-0.05, 0) is 29.7 Å². The van der Waals surface area contributed by atoms with Gasteiger partial charge in [0.25, 0.3) is 0 Å². The Balaban J connectivity index is 1.47. The number of unbranched alkanes of at least 4 members (excludes halogenated alkanes) is 7. The first-order valence-electron chi connectivity index (χ1n) is 13.8. The highest BCUT2D eigenvalue weighted by Crippen LogP contribution is 2.33. The Morgan fingerprint density at radius 2 is 1.29 bits per heavy atom. The van der Waals surface area contributed by atoms with Crippen molar-refractivity contribution in [1.82, 2.24) is 5.32 Å². The third-order valence-electron chi connectivity index (χ3n) is 6.14. The molecule has 0 fully saturated rings. The summed E-state index contributed by atoms with van der Waals surface area (Å²) in [5.41, 5.74) is 2.13. The highest BCUT2D eigenvalue weighted by Gasteiger charge is 2.09. The van der Waals surface area contributed by atoms with Crippen molar-refractivity contribution >= 4 is 5.91 Å². The molecule has 0 heterocycles. The maximum atomic E-state index is 12.1. The van der Waals surface area contributed by atoms with Crippen LogP contribution in [-0.4, -0.2) is 12.5 Å². The molecule has 3 aromatic carbocycles. The topological polar surface area (TPSA) is 56.8 Å². The molecule has 0 spiro atoms. The van der Waals surface area contributed by atoms with Crippen LogP contribution in [-0.2, 0) is 18.0 Å². The lowest BCUT2D eigenvalue weighted by Gasteiger charge is -2.14. The second kappa shape index (κ2) is 17.7. The van der Waals surface area contributed by atoms with Crippen LogP contribution < -0.4 is 19.5 Å². The molecule has 3 aromatic rings. The van der Waals surface area contributed by atoms with Crippen LogP contribution in [0.4, 0.5) is 0 Å². The van der Waals surface area contributed by atoms with Crippen LogP contribution in [0.3, 0.4) is 0 Å². The summed E-state index contributed by atoms with van der Waals surface area (Å²) in [6, 6.07) is 25.4. The molecule has 202 valence electrons. The lowest BCUT2D eigenvalue weighted by atomic mass is 10.1.